The van der Waals surface area contributed by atoms with Crippen molar-refractivity contribution in [2.75, 3.05) is 25.6 Å². The second-order valence-electron chi connectivity index (χ2n) is 4.57. The monoisotopic (exact) mass is 364 g/mol. The van der Waals surface area contributed by atoms with E-state index in [9.17, 15) is 4.79 Å². The highest BCUT2D eigenvalue weighted by Gasteiger charge is 2.35. The van der Waals surface area contributed by atoms with Crippen LogP contribution in [0.5, 0.6) is 5.75 Å². The summed E-state index contributed by atoms with van der Waals surface area (Å²) < 4.78 is 11.2. The molecule has 1 aromatic rings. The normalized spacial score (nSPS) is 16.9. The fourth-order valence-corrected chi connectivity index (χ4v) is 2.50. The second-order valence-corrected chi connectivity index (χ2v) is 5.43. The Morgan fingerprint density at radius 1 is 1.45 bits per heavy atom. The first kappa shape index (κ1) is 17.2. The minimum Gasteiger partial charge on any atom is -0.496 e. The zero-order chi connectivity index (χ0) is 13.9. The van der Waals surface area contributed by atoms with Crippen molar-refractivity contribution in [2.45, 2.75) is 18.4 Å². The number of anilines is 1. The van der Waals surface area contributed by atoms with Crippen molar-refractivity contribution in [3.63, 3.8) is 0 Å². The number of methoxy groups -OCH3 is 1. The number of amides is 1. The molecule has 0 saturated carbocycles. The van der Waals surface area contributed by atoms with E-state index in [4.69, 9.17) is 15.2 Å². The smallest absolute Gasteiger partial charge is 0.244 e. The van der Waals surface area contributed by atoms with Gasteiger partial charge in [0, 0.05) is 18.9 Å². The molecule has 5 nitrogen and oxygen atoms in total. The maximum Gasteiger partial charge on any atom is 0.244 e. The molecule has 1 heterocycles. The zero-order valence-corrected chi connectivity index (χ0v) is 13.6. The van der Waals surface area contributed by atoms with Crippen molar-refractivity contribution in [2.24, 2.45) is 5.73 Å². The highest BCUT2D eigenvalue weighted by Crippen LogP contribution is 2.28. The summed E-state index contributed by atoms with van der Waals surface area (Å²) in [5.41, 5.74) is 5.96. The number of nitrogens with two attached hydrogens (primary N) is 1. The third kappa shape index (κ3) is 3.85. The van der Waals surface area contributed by atoms with Crippen LogP contribution in [0.25, 0.3) is 0 Å². The number of ether oxygens (including phenoxy) is 2. The van der Waals surface area contributed by atoms with Crippen molar-refractivity contribution < 1.29 is 14.3 Å². The first-order valence-electron chi connectivity index (χ1n) is 6.07. The minimum absolute atomic E-state index is 0. The molecule has 0 spiro atoms. The predicted octanol–water partition coefficient (Wildman–Crippen LogP) is 2.33. The Hall–Kier alpha value is -0.820. The molecular formula is C13H18BrClN2O3. The molecule has 0 radical (unpaired) electrons. The minimum atomic E-state index is -0.843. The van der Waals surface area contributed by atoms with Crippen molar-refractivity contribution in [1.29, 1.82) is 0 Å². The first-order valence-corrected chi connectivity index (χ1v) is 6.86. The van der Waals surface area contributed by atoms with Crippen LogP contribution in [-0.2, 0) is 9.53 Å². The van der Waals surface area contributed by atoms with Crippen LogP contribution in [0.2, 0.25) is 0 Å². The third-order valence-corrected chi connectivity index (χ3v) is 3.87. The SMILES string of the molecule is COc1ccc(NC(=O)C2(N)CCOCC2)cc1Br.Cl. The number of nitrogens with one attached hydrogen (secondary N) is 1. The van der Waals surface area contributed by atoms with Gasteiger partial charge in [-0.05, 0) is 47.0 Å². The van der Waals surface area contributed by atoms with E-state index < -0.39 is 5.54 Å². The second kappa shape index (κ2) is 7.26. The number of rotatable bonds is 3. The average Bonchev–Trinajstić information content (AvgIpc) is 2.40. The van der Waals surface area contributed by atoms with Gasteiger partial charge in [-0.25, -0.2) is 0 Å². The van der Waals surface area contributed by atoms with Crippen LogP contribution in [0.3, 0.4) is 0 Å². The molecule has 1 fully saturated rings. The quantitative estimate of drug-likeness (QED) is 0.862. The topological polar surface area (TPSA) is 73.6 Å². The highest BCUT2D eigenvalue weighted by molar-refractivity contribution is 9.10. The number of carbonyl (C=O) groups excluding carboxylic acids is 1. The molecule has 2 rings (SSSR count). The molecule has 112 valence electrons. The molecule has 1 amide bonds. The lowest BCUT2D eigenvalue weighted by atomic mass is 9.90. The molecule has 3 N–H and O–H groups in total. The van der Waals surface area contributed by atoms with Crippen molar-refractivity contribution in [1.82, 2.24) is 0 Å². The maximum atomic E-state index is 12.2. The number of hydrogen-bond donors (Lipinski definition) is 2. The molecule has 0 atom stereocenters. The summed E-state index contributed by atoms with van der Waals surface area (Å²) in [6, 6.07) is 5.36. The first-order chi connectivity index (χ1) is 9.05. The van der Waals surface area contributed by atoms with Crippen LogP contribution in [0.4, 0.5) is 5.69 Å². The predicted molar refractivity (Wildman–Crippen MR) is 83.5 cm³/mol. The number of carbonyl (C=O) groups is 1. The van der Waals surface area contributed by atoms with E-state index in [0.29, 0.717) is 37.5 Å². The van der Waals surface area contributed by atoms with Gasteiger partial charge in [0.05, 0.1) is 11.6 Å². The van der Waals surface area contributed by atoms with Crippen LogP contribution >= 0.6 is 28.3 Å². The molecule has 1 aromatic carbocycles. The van der Waals surface area contributed by atoms with Crippen LogP contribution < -0.4 is 15.8 Å². The molecule has 1 aliphatic rings. The van der Waals surface area contributed by atoms with E-state index in [2.05, 4.69) is 21.2 Å². The summed E-state index contributed by atoms with van der Waals surface area (Å²) >= 11 is 3.38. The molecule has 1 aliphatic heterocycles. The van der Waals surface area contributed by atoms with Crippen LogP contribution in [0.1, 0.15) is 12.8 Å². The molecular weight excluding hydrogens is 348 g/mol. The molecule has 0 unspecified atom stereocenters. The molecule has 7 heteroatoms. The van der Waals surface area contributed by atoms with Crippen molar-refractivity contribution in [3.05, 3.63) is 22.7 Å². The molecule has 1 saturated heterocycles. The highest BCUT2D eigenvalue weighted by atomic mass is 79.9. The largest absolute Gasteiger partial charge is 0.496 e. The average molecular weight is 366 g/mol. The van der Waals surface area contributed by atoms with Gasteiger partial charge in [0.1, 0.15) is 11.3 Å². The fraction of sp³-hybridized carbons (Fsp3) is 0.462. The number of halogens is 2. The van der Waals surface area contributed by atoms with Gasteiger partial charge in [0.15, 0.2) is 0 Å². The van der Waals surface area contributed by atoms with Crippen LogP contribution in [0.15, 0.2) is 22.7 Å². The van der Waals surface area contributed by atoms with E-state index in [1.54, 1.807) is 25.3 Å². The zero-order valence-electron chi connectivity index (χ0n) is 11.1. The summed E-state index contributed by atoms with van der Waals surface area (Å²) in [5, 5.41) is 2.84. The van der Waals surface area contributed by atoms with Gasteiger partial charge in [0.2, 0.25) is 5.91 Å². The summed E-state index contributed by atoms with van der Waals surface area (Å²) in [6.07, 6.45) is 1.08. The van der Waals surface area contributed by atoms with E-state index in [-0.39, 0.29) is 18.3 Å². The Morgan fingerprint density at radius 2 is 2.10 bits per heavy atom. The number of benzene rings is 1. The van der Waals surface area contributed by atoms with Gasteiger partial charge in [-0.3, -0.25) is 4.79 Å². The Bertz CT molecular complexity index is 479. The molecule has 0 aromatic heterocycles. The summed E-state index contributed by atoms with van der Waals surface area (Å²) in [6.45, 7) is 1.05. The Labute approximate surface area is 132 Å². The number of hydrogen-bond acceptors (Lipinski definition) is 4. The summed E-state index contributed by atoms with van der Waals surface area (Å²) in [5.74, 6) is 0.541. The van der Waals surface area contributed by atoms with Gasteiger partial charge in [-0.15, -0.1) is 12.4 Å². The molecule has 0 bridgehead atoms. The standard InChI is InChI=1S/C13H17BrN2O3.ClH/c1-18-11-3-2-9(8-10(11)14)16-12(17)13(15)4-6-19-7-5-13;/h2-3,8H,4-7,15H2,1H3,(H,16,17);1H. The van der Waals surface area contributed by atoms with Crippen molar-refractivity contribution >= 4 is 39.9 Å². The van der Waals surface area contributed by atoms with Gasteiger partial charge in [0.25, 0.3) is 0 Å². The van der Waals surface area contributed by atoms with E-state index in [1.165, 1.54) is 0 Å². The van der Waals surface area contributed by atoms with Gasteiger partial charge >= 0.3 is 0 Å². The molecule has 0 aliphatic carbocycles. The molecule has 20 heavy (non-hydrogen) atoms. The fourth-order valence-electron chi connectivity index (χ4n) is 1.96. The Kier molecular flexibility index (Phi) is 6.26. The van der Waals surface area contributed by atoms with Gasteiger partial charge < -0.3 is 20.5 Å². The van der Waals surface area contributed by atoms with Crippen LogP contribution in [-0.4, -0.2) is 31.8 Å². The maximum absolute atomic E-state index is 12.2. The Morgan fingerprint density at radius 3 is 2.65 bits per heavy atom. The summed E-state index contributed by atoms with van der Waals surface area (Å²) in [4.78, 5) is 12.2. The Balaban J connectivity index is 0.00000200. The van der Waals surface area contributed by atoms with E-state index in [0.717, 1.165) is 4.47 Å². The lowest BCUT2D eigenvalue weighted by molar-refractivity contribution is -0.124. The lowest BCUT2D eigenvalue weighted by Gasteiger charge is -2.31. The van der Waals surface area contributed by atoms with E-state index in [1.807, 2.05) is 0 Å². The van der Waals surface area contributed by atoms with Gasteiger partial charge in [-0.2, -0.15) is 0 Å². The van der Waals surface area contributed by atoms with Gasteiger partial charge in [-0.1, -0.05) is 0 Å². The van der Waals surface area contributed by atoms with Crippen molar-refractivity contribution in [3.8, 4) is 5.75 Å². The summed E-state index contributed by atoms with van der Waals surface area (Å²) in [7, 11) is 1.59. The third-order valence-electron chi connectivity index (χ3n) is 3.25. The lowest BCUT2D eigenvalue weighted by Crippen LogP contribution is -2.54. The van der Waals surface area contributed by atoms with E-state index >= 15 is 0 Å². The van der Waals surface area contributed by atoms with Crippen LogP contribution in [0, 0.1) is 0 Å².